The van der Waals surface area contributed by atoms with E-state index in [1.165, 1.54) is 12.1 Å². The number of likely N-dealkylation sites (tertiary alicyclic amines) is 1. The van der Waals surface area contributed by atoms with Crippen LogP contribution < -0.4 is 0 Å². The van der Waals surface area contributed by atoms with Gasteiger partial charge in [-0.1, -0.05) is 5.16 Å². The minimum Gasteiger partial charge on any atom is -0.338 e. The third-order valence-corrected chi connectivity index (χ3v) is 4.53. The molecule has 1 fully saturated rings. The minimum absolute atomic E-state index is 0.0232. The van der Waals surface area contributed by atoms with Gasteiger partial charge in [-0.2, -0.15) is 4.98 Å². The fourth-order valence-corrected chi connectivity index (χ4v) is 3.17. The number of carbonyl (C=O) groups is 1. The van der Waals surface area contributed by atoms with E-state index in [0.717, 1.165) is 6.42 Å². The minimum atomic E-state index is -0.307. The van der Waals surface area contributed by atoms with Crippen molar-refractivity contribution in [1.82, 2.24) is 20.0 Å². The molecule has 1 aromatic carbocycles. The van der Waals surface area contributed by atoms with Crippen LogP contribution in [0.1, 0.15) is 22.6 Å². The fraction of sp³-hybridized carbons (Fsp3) is 0.263. The molecule has 26 heavy (non-hydrogen) atoms. The Balaban J connectivity index is 1.38. The van der Waals surface area contributed by atoms with Crippen molar-refractivity contribution < 1.29 is 13.7 Å². The molecule has 0 spiro atoms. The van der Waals surface area contributed by atoms with Crippen molar-refractivity contribution in [2.75, 3.05) is 13.1 Å². The van der Waals surface area contributed by atoms with E-state index in [0.29, 0.717) is 48.3 Å². The zero-order valence-electron chi connectivity index (χ0n) is 14.0. The molecule has 1 atom stereocenters. The Morgan fingerprint density at radius 3 is 2.73 bits per heavy atom. The maximum Gasteiger partial charge on any atom is 0.257 e. The molecule has 7 heteroatoms. The first kappa shape index (κ1) is 16.4. The molecule has 0 radical (unpaired) electrons. The second-order valence-electron chi connectivity index (χ2n) is 6.37. The van der Waals surface area contributed by atoms with Gasteiger partial charge in [-0.15, -0.1) is 0 Å². The molecule has 3 aromatic rings. The summed E-state index contributed by atoms with van der Waals surface area (Å²) in [5.41, 5.74) is 1.34. The highest BCUT2D eigenvalue weighted by Gasteiger charge is 2.28. The van der Waals surface area contributed by atoms with Crippen molar-refractivity contribution >= 4 is 5.91 Å². The van der Waals surface area contributed by atoms with Crippen LogP contribution >= 0.6 is 0 Å². The molecule has 6 nitrogen and oxygen atoms in total. The Labute approximate surface area is 149 Å². The summed E-state index contributed by atoms with van der Waals surface area (Å²) in [5.74, 6) is 0.989. The molecule has 3 heterocycles. The van der Waals surface area contributed by atoms with Crippen LogP contribution in [0.15, 0.2) is 53.3 Å². The van der Waals surface area contributed by atoms with Crippen molar-refractivity contribution in [3.05, 3.63) is 66.0 Å². The van der Waals surface area contributed by atoms with Gasteiger partial charge in [-0.3, -0.25) is 9.78 Å². The van der Waals surface area contributed by atoms with Gasteiger partial charge in [0.05, 0.1) is 0 Å². The van der Waals surface area contributed by atoms with Crippen molar-refractivity contribution in [3.63, 3.8) is 0 Å². The average molecular weight is 352 g/mol. The normalized spacial score (nSPS) is 16.8. The second kappa shape index (κ2) is 7.03. The largest absolute Gasteiger partial charge is 0.338 e. The van der Waals surface area contributed by atoms with Crippen LogP contribution in [0.4, 0.5) is 4.39 Å². The van der Waals surface area contributed by atoms with Crippen LogP contribution in [0, 0.1) is 11.7 Å². The summed E-state index contributed by atoms with van der Waals surface area (Å²) >= 11 is 0. The number of rotatable bonds is 4. The Kier molecular flexibility index (Phi) is 4.43. The first-order valence-electron chi connectivity index (χ1n) is 8.47. The van der Waals surface area contributed by atoms with Gasteiger partial charge in [0.1, 0.15) is 5.82 Å². The summed E-state index contributed by atoms with van der Waals surface area (Å²) in [5, 5.41) is 4.01. The maximum absolute atomic E-state index is 13.0. The van der Waals surface area contributed by atoms with Crippen LogP contribution in [-0.4, -0.2) is 39.0 Å². The molecule has 0 aliphatic carbocycles. The van der Waals surface area contributed by atoms with E-state index in [1.807, 2.05) is 4.90 Å². The van der Waals surface area contributed by atoms with Crippen LogP contribution in [-0.2, 0) is 6.42 Å². The van der Waals surface area contributed by atoms with E-state index < -0.39 is 0 Å². The predicted octanol–water partition coefficient (Wildman–Crippen LogP) is 2.98. The Hall–Kier alpha value is -3.09. The summed E-state index contributed by atoms with van der Waals surface area (Å²) < 4.78 is 18.3. The van der Waals surface area contributed by atoms with Crippen LogP contribution in [0.25, 0.3) is 11.5 Å². The zero-order valence-corrected chi connectivity index (χ0v) is 14.0. The van der Waals surface area contributed by atoms with Gasteiger partial charge < -0.3 is 9.42 Å². The molecule has 1 aliphatic rings. The number of pyridine rings is 1. The van der Waals surface area contributed by atoms with Gasteiger partial charge in [0.2, 0.25) is 0 Å². The molecule has 132 valence electrons. The number of carbonyl (C=O) groups excluding carboxylic acids is 1. The van der Waals surface area contributed by atoms with Crippen LogP contribution in [0.5, 0.6) is 0 Å². The van der Waals surface area contributed by atoms with Crippen LogP contribution in [0.2, 0.25) is 0 Å². The number of hydrogen-bond acceptors (Lipinski definition) is 5. The highest BCUT2D eigenvalue weighted by molar-refractivity contribution is 5.94. The molecule has 2 aromatic heterocycles. The van der Waals surface area contributed by atoms with Gasteiger partial charge in [0.15, 0.2) is 5.82 Å². The van der Waals surface area contributed by atoms with E-state index in [1.54, 1.807) is 36.7 Å². The maximum atomic E-state index is 13.0. The number of nitrogens with zero attached hydrogens (tertiary/aromatic N) is 4. The Morgan fingerprint density at radius 2 is 1.96 bits per heavy atom. The lowest BCUT2D eigenvalue weighted by molar-refractivity contribution is 0.0787. The molecule has 1 amide bonds. The standard InChI is InChI=1S/C19H17FN4O2/c20-16-3-1-14(2-4-16)18-22-17(23-26-18)11-13-7-10-24(12-13)19(25)15-5-8-21-9-6-15/h1-6,8-9,13H,7,10-12H2. The van der Waals surface area contributed by atoms with E-state index in [9.17, 15) is 9.18 Å². The number of hydrogen-bond donors (Lipinski definition) is 0. The third-order valence-electron chi connectivity index (χ3n) is 4.53. The lowest BCUT2D eigenvalue weighted by atomic mass is 10.0. The smallest absolute Gasteiger partial charge is 0.257 e. The van der Waals surface area contributed by atoms with E-state index in [2.05, 4.69) is 15.1 Å². The number of halogens is 1. The summed E-state index contributed by atoms with van der Waals surface area (Å²) in [7, 11) is 0. The van der Waals surface area contributed by atoms with Gasteiger partial charge in [-0.05, 0) is 48.7 Å². The van der Waals surface area contributed by atoms with Gasteiger partial charge in [0.25, 0.3) is 11.8 Å². The third kappa shape index (κ3) is 3.46. The SMILES string of the molecule is O=C(c1ccncc1)N1CCC(Cc2noc(-c3ccc(F)cc3)n2)C1. The van der Waals surface area contributed by atoms with Crippen molar-refractivity contribution in [2.24, 2.45) is 5.92 Å². The van der Waals surface area contributed by atoms with Crippen LogP contribution in [0.3, 0.4) is 0 Å². The molecule has 1 saturated heterocycles. The topological polar surface area (TPSA) is 72.1 Å². The molecule has 1 unspecified atom stereocenters. The summed E-state index contributed by atoms with van der Waals surface area (Å²) in [6, 6.07) is 9.39. The zero-order chi connectivity index (χ0) is 17.9. The first-order chi connectivity index (χ1) is 12.7. The van der Waals surface area contributed by atoms with Crippen molar-refractivity contribution in [1.29, 1.82) is 0 Å². The summed E-state index contributed by atoms with van der Waals surface area (Å²) in [6.45, 7) is 1.38. The number of aromatic nitrogens is 3. The number of benzene rings is 1. The average Bonchev–Trinajstić information content (AvgIpc) is 3.33. The molecule has 0 bridgehead atoms. The van der Waals surface area contributed by atoms with E-state index in [4.69, 9.17) is 4.52 Å². The van der Waals surface area contributed by atoms with Gasteiger partial charge in [-0.25, -0.2) is 4.39 Å². The molecule has 0 saturated carbocycles. The number of amides is 1. The molecular formula is C19H17FN4O2. The van der Waals surface area contributed by atoms with E-state index >= 15 is 0 Å². The second-order valence-corrected chi connectivity index (χ2v) is 6.37. The van der Waals surface area contributed by atoms with Crippen molar-refractivity contribution in [2.45, 2.75) is 12.8 Å². The molecule has 1 aliphatic heterocycles. The quantitative estimate of drug-likeness (QED) is 0.722. The highest BCUT2D eigenvalue weighted by Crippen LogP contribution is 2.23. The fourth-order valence-electron chi connectivity index (χ4n) is 3.17. The summed E-state index contributed by atoms with van der Waals surface area (Å²) in [4.78, 5) is 22.7. The Morgan fingerprint density at radius 1 is 1.19 bits per heavy atom. The highest BCUT2D eigenvalue weighted by atomic mass is 19.1. The predicted molar refractivity (Wildman–Crippen MR) is 91.6 cm³/mol. The molecular weight excluding hydrogens is 335 g/mol. The molecule has 4 rings (SSSR count). The van der Waals surface area contributed by atoms with Gasteiger partial charge >= 0.3 is 0 Å². The van der Waals surface area contributed by atoms with Gasteiger partial charge in [0, 0.05) is 43.0 Å². The Bertz CT molecular complexity index is 895. The monoisotopic (exact) mass is 352 g/mol. The summed E-state index contributed by atoms with van der Waals surface area (Å²) in [6.07, 6.45) is 4.79. The lowest BCUT2D eigenvalue weighted by Crippen LogP contribution is -2.29. The van der Waals surface area contributed by atoms with E-state index in [-0.39, 0.29) is 11.7 Å². The first-order valence-corrected chi connectivity index (χ1v) is 8.47. The lowest BCUT2D eigenvalue weighted by Gasteiger charge is -2.16. The molecule has 0 N–H and O–H groups in total. The van der Waals surface area contributed by atoms with Crippen molar-refractivity contribution in [3.8, 4) is 11.5 Å².